The maximum Gasteiger partial charge on any atom is 0.407 e. The number of nitrogens with one attached hydrogen (secondary N) is 4. The first-order valence-electron chi connectivity index (χ1n) is 22.2. The Kier molecular flexibility index (Phi) is 15.3. The number of fused-ring (bicyclic) bond motifs is 3. The van der Waals surface area contributed by atoms with E-state index in [4.69, 9.17) is 4.74 Å². The number of nitrogens with zero attached hydrogens (tertiary/aromatic N) is 2. The molecule has 3 aliphatic rings. The van der Waals surface area contributed by atoms with E-state index in [1.54, 1.807) is 36.1 Å². The molecule has 3 aromatic rings. The third kappa shape index (κ3) is 9.90. The zero-order valence-corrected chi connectivity index (χ0v) is 36.7. The normalized spacial score (nSPS) is 18.2. The Morgan fingerprint density at radius 2 is 1.15 bits per heavy atom. The van der Waals surface area contributed by atoms with Gasteiger partial charge in [0.2, 0.25) is 17.7 Å². The molecule has 1 aliphatic carbocycles. The minimum absolute atomic E-state index is 0.278. The number of ether oxygens (including phenoxy) is 2. The van der Waals surface area contributed by atoms with Crippen molar-refractivity contribution in [3.63, 3.8) is 0 Å². The van der Waals surface area contributed by atoms with Crippen LogP contribution in [0.5, 0.6) is 0 Å². The lowest BCUT2D eigenvalue weighted by molar-refractivity contribution is -0.138. The van der Waals surface area contributed by atoms with Crippen molar-refractivity contribution in [1.82, 2.24) is 20.4 Å². The highest BCUT2D eigenvalue weighted by atomic mass is 16.5. The van der Waals surface area contributed by atoms with Crippen molar-refractivity contribution < 1.29 is 38.2 Å². The maximum absolute atomic E-state index is 14.2. The summed E-state index contributed by atoms with van der Waals surface area (Å²) in [6.07, 6.45) is 8.82. The Balaban J connectivity index is 1.27. The van der Waals surface area contributed by atoms with Gasteiger partial charge in [-0.25, -0.2) is 9.59 Å². The SMILES string of the molecule is CCCCCC1(CCCCC)c2cc(NC(=O)[C@@H]3CCCN3C(=O)[C@@H](C)NC(=O)OC)ccc2-c2ccc(NC(=O)[C@@H]3CCCN3C(=O)[C@H](NC(=O)OC)c3ccccc3)cc21. The van der Waals surface area contributed by atoms with Gasteiger partial charge in [0.1, 0.15) is 24.2 Å². The summed E-state index contributed by atoms with van der Waals surface area (Å²) in [4.78, 5) is 82.8. The number of carbonyl (C=O) groups excluding carboxylic acids is 6. The molecule has 14 nitrogen and oxygen atoms in total. The number of hydrogen-bond acceptors (Lipinski definition) is 8. The van der Waals surface area contributed by atoms with E-state index < -0.39 is 41.8 Å². The minimum atomic E-state index is -1.02. The molecule has 0 spiro atoms. The minimum Gasteiger partial charge on any atom is -0.453 e. The average molecular weight is 851 g/mol. The first-order chi connectivity index (χ1) is 30.0. The standard InChI is InChI=1S/C48H62N6O8/c1-6-8-13-25-48(26-14-9-7-2)37-29-33(50-42(55)39-19-15-27-53(39)44(57)31(3)49-46(59)61-4)21-23-35(37)36-24-22-34(30-38(36)48)51-43(56)40-20-16-28-54(40)45(58)41(52-47(60)62-5)32-17-11-10-12-18-32/h10-12,17-18,21-24,29-31,39-41H,6-9,13-16,19-20,25-28H2,1-5H3,(H,49,59)(H,50,55)(H,51,56)(H,52,60)/t31-,39+,40+,41-/m1/s1. The fourth-order valence-electron chi connectivity index (χ4n) is 9.55. The topological polar surface area (TPSA) is 175 Å². The van der Waals surface area contributed by atoms with Crippen molar-refractivity contribution in [3.05, 3.63) is 83.4 Å². The van der Waals surface area contributed by atoms with Crippen molar-refractivity contribution in [3.8, 4) is 11.1 Å². The summed E-state index contributed by atoms with van der Waals surface area (Å²) < 4.78 is 9.51. The molecular formula is C48H62N6O8. The fourth-order valence-corrected chi connectivity index (χ4v) is 9.55. The summed E-state index contributed by atoms with van der Waals surface area (Å²) >= 11 is 0. The van der Waals surface area contributed by atoms with Crippen molar-refractivity contribution in [1.29, 1.82) is 0 Å². The van der Waals surface area contributed by atoms with Gasteiger partial charge in [-0.15, -0.1) is 0 Å². The molecule has 0 aromatic heterocycles. The number of hydrogen-bond donors (Lipinski definition) is 4. The van der Waals surface area contributed by atoms with E-state index in [9.17, 15) is 28.8 Å². The molecule has 2 fully saturated rings. The second-order valence-electron chi connectivity index (χ2n) is 16.7. The smallest absolute Gasteiger partial charge is 0.407 e. The molecule has 4 N–H and O–H groups in total. The largest absolute Gasteiger partial charge is 0.453 e. The third-order valence-electron chi connectivity index (χ3n) is 12.7. The highest BCUT2D eigenvalue weighted by Gasteiger charge is 2.44. The first kappa shape index (κ1) is 45.6. The number of anilines is 2. The van der Waals surface area contributed by atoms with Gasteiger partial charge in [-0.05, 0) is 97.5 Å². The lowest BCUT2D eigenvalue weighted by atomic mass is 9.70. The summed E-state index contributed by atoms with van der Waals surface area (Å²) in [5.41, 5.74) is 5.92. The van der Waals surface area contributed by atoms with Crippen LogP contribution in [0, 0.1) is 0 Å². The summed E-state index contributed by atoms with van der Waals surface area (Å²) in [5.74, 6) is -1.29. The van der Waals surface area contributed by atoms with Crippen LogP contribution in [-0.4, -0.2) is 91.0 Å². The van der Waals surface area contributed by atoms with Gasteiger partial charge in [0.05, 0.1) is 14.2 Å². The molecule has 0 saturated carbocycles. The number of carbonyl (C=O) groups is 6. The predicted octanol–water partition coefficient (Wildman–Crippen LogP) is 7.81. The van der Waals surface area contributed by atoms with Crippen LogP contribution in [0.2, 0.25) is 0 Å². The first-order valence-corrected chi connectivity index (χ1v) is 22.2. The van der Waals surface area contributed by atoms with Gasteiger partial charge < -0.3 is 40.5 Å². The van der Waals surface area contributed by atoms with Crippen molar-refractivity contribution >= 4 is 47.2 Å². The van der Waals surface area contributed by atoms with Crippen LogP contribution in [-0.2, 0) is 34.1 Å². The van der Waals surface area contributed by atoms with Gasteiger partial charge in [-0.2, -0.15) is 0 Å². The van der Waals surface area contributed by atoms with E-state index in [1.165, 1.54) is 19.1 Å². The second-order valence-corrected chi connectivity index (χ2v) is 16.7. The highest BCUT2D eigenvalue weighted by Crippen LogP contribution is 2.55. The quantitative estimate of drug-likeness (QED) is 0.0995. The van der Waals surface area contributed by atoms with Crippen molar-refractivity contribution in [2.24, 2.45) is 0 Å². The van der Waals surface area contributed by atoms with Crippen LogP contribution in [0.25, 0.3) is 11.1 Å². The molecule has 3 aromatic carbocycles. The van der Waals surface area contributed by atoms with E-state index in [0.29, 0.717) is 55.7 Å². The fraction of sp³-hybridized carbons (Fsp3) is 0.500. The molecule has 2 heterocycles. The molecule has 4 atom stereocenters. The number of likely N-dealkylation sites (tertiary alicyclic amines) is 2. The number of alkyl carbamates (subject to hydrolysis) is 2. The Labute approximate surface area is 364 Å². The van der Waals surface area contributed by atoms with E-state index in [2.05, 4.69) is 64.1 Å². The molecule has 14 heteroatoms. The molecule has 0 radical (unpaired) electrons. The highest BCUT2D eigenvalue weighted by molar-refractivity contribution is 6.01. The monoisotopic (exact) mass is 850 g/mol. The molecule has 332 valence electrons. The predicted molar refractivity (Wildman–Crippen MR) is 237 cm³/mol. The van der Waals surface area contributed by atoms with Crippen molar-refractivity contribution in [2.45, 2.75) is 127 Å². The molecule has 2 saturated heterocycles. The lowest BCUT2D eigenvalue weighted by Gasteiger charge is -2.33. The van der Waals surface area contributed by atoms with Gasteiger partial charge in [0.25, 0.3) is 5.91 Å². The molecule has 0 unspecified atom stereocenters. The maximum atomic E-state index is 14.2. The zero-order valence-electron chi connectivity index (χ0n) is 36.7. The van der Waals surface area contributed by atoms with Gasteiger partial charge in [0.15, 0.2) is 0 Å². The van der Waals surface area contributed by atoms with Gasteiger partial charge in [0, 0.05) is 29.9 Å². The second kappa shape index (κ2) is 20.8. The van der Waals surface area contributed by atoms with Gasteiger partial charge in [-0.1, -0.05) is 94.8 Å². The van der Waals surface area contributed by atoms with Crippen LogP contribution in [0.3, 0.4) is 0 Å². The van der Waals surface area contributed by atoms with E-state index in [1.807, 2.05) is 18.2 Å². The van der Waals surface area contributed by atoms with Crippen LogP contribution in [0.1, 0.15) is 121 Å². The van der Waals surface area contributed by atoms with Crippen LogP contribution in [0.4, 0.5) is 21.0 Å². The summed E-state index contributed by atoms with van der Waals surface area (Å²) in [6, 6.07) is 17.8. The number of rotatable bonds is 17. The van der Waals surface area contributed by atoms with Crippen molar-refractivity contribution in [2.75, 3.05) is 37.9 Å². The van der Waals surface area contributed by atoms with Crippen LogP contribution < -0.4 is 21.3 Å². The Morgan fingerprint density at radius 1 is 0.661 bits per heavy atom. The average Bonchev–Trinajstić information content (AvgIpc) is 4.04. The lowest BCUT2D eigenvalue weighted by Crippen LogP contribution is -2.51. The van der Waals surface area contributed by atoms with Gasteiger partial charge in [-0.3, -0.25) is 19.2 Å². The number of benzene rings is 3. The Bertz CT molecular complexity index is 2100. The summed E-state index contributed by atoms with van der Waals surface area (Å²) in [7, 11) is 2.48. The van der Waals surface area contributed by atoms with Gasteiger partial charge >= 0.3 is 12.2 Å². The van der Waals surface area contributed by atoms with Crippen LogP contribution >= 0.6 is 0 Å². The van der Waals surface area contributed by atoms with Crippen LogP contribution in [0.15, 0.2) is 66.7 Å². The molecular weight excluding hydrogens is 789 g/mol. The molecule has 0 bridgehead atoms. The van der Waals surface area contributed by atoms with E-state index in [-0.39, 0.29) is 23.6 Å². The summed E-state index contributed by atoms with van der Waals surface area (Å²) in [6.45, 7) is 6.75. The summed E-state index contributed by atoms with van der Waals surface area (Å²) in [5, 5.41) is 11.5. The van der Waals surface area contributed by atoms with E-state index >= 15 is 0 Å². The van der Waals surface area contributed by atoms with E-state index in [0.717, 1.165) is 73.6 Å². The number of amides is 6. The molecule has 62 heavy (non-hydrogen) atoms. The molecule has 6 rings (SSSR count). The molecule has 6 amide bonds. The number of unbranched alkanes of at least 4 members (excludes halogenated alkanes) is 4. The third-order valence-corrected chi connectivity index (χ3v) is 12.7. The number of methoxy groups -OCH3 is 2. The molecule has 2 aliphatic heterocycles. The zero-order chi connectivity index (χ0) is 44.4. The Morgan fingerprint density at radius 3 is 1.63 bits per heavy atom. The Hall–Kier alpha value is -5.92.